The molecular formula is C11H23NO. The Hall–Kier alpha value is -0.0800. The van der Waals surface area contributed by atoms with Crippen molar-refractivity contribution in [2.75, 3.05) is 20.3 Å². The van der Waals surface area contributed by atoms with Crippen molar-refractivity contribution >= 4 is 0 Å². The van der Waals surface area contributed by atoms with E-state index in [9.17, 15) is 0 Å². The highest BCUT2D eigenvalue weighted by Gasteiger charge is 2.12. The molecule has 0 spiro atoms. The molecule has 0 aromatic heterocycles. The quantitative estimate of drug-likeness (QED) is 0.615. The van der Waals surface area contributed by atoms with Crippen LogP contribution in [-0.4, -0.2) is 26.3 Å². The van der Waals surface area contributed by atoms with Crippen molar-refractivity contribution in [3.8, 4) is 0 Å². The third-order valence-corrected chi connectivity index (χ3v) is 2.81. The van der Waals surface area contributed by atoms with Crippen LogP contribution in [-0.2, 0) is 4.74 Å². The molecule has 1 fully saturated rings. The number of ether oxygens (including phenoxy) is 1. The largest absolute Gasteiger partial charge is 0.385 e. The fraction of sp³-hybridized carbons (Fsp3) is 1.00. The molecule has 78 valence electrons. The summed E-state index contributed by atoms with van der Waals surface area (Å²) in [6.07, 6.45) is 9.48. The first-order valence-electron chi connectivity index (χ1n) is 5.66. The molecular weight excluding hydrogens is 162 g/mol. The zero-order valence-electron chi connectivity index (χ0n) is 8.85. The van der Waals surface area contributed by atoms with Gasteiger partial charge in [0.1, 0.15) is 0 Å². The van der Waals surface area contributed by atoms with Crippen LogP contribution in [0.1, 0.15) is 44.9 Å². The number of hydrogen-bond acceptors (Lipinski definition) is 2. The number of rotatable bonds is 7. The average molecular weight is 185 g/mol. The van der Waals surface area contributed by atoms with E-state index in [4.69, 9.17) is 4.74 Å². The first kappa shape index (κ1) is 11.0. The lowest BCUT2D eigenvalue weighted by Crippen LogP contribution is -2.26. The molecule has 1 N–H and O–H groups in total. The molecule has 0 atom stereocenters. The van der Waals surface area contributed by atoms with Crippen molar-refractivity contribution in [3.05, 3.63) is 0 Å². The molecule has 2 nitrogen and oxygen atoms in total. The molecule has 0 saturated heterocycles. The Morgan fingerprint density at radius 1 is 1.15 bits per heavy atom. The molecule has 0 amide bonds. The molecule has 0 heterocycles. The minimum Gasteiger partial charge on any atom is -0.385 e. The van der Waals surface area contributed by atoms with Gasteiger partial charge in [-0.2, -0.15) is 0 Å². The number of methoxy groups -OCH3 is 1. The summed E-state index contributed by atoms with van der Waals surface area (Å²) in [7, 11) is 1.77. The lowest BCUT2D eigenvalue weighted by molar-refractivity contribution is 0.192. The second-order valence-electron chi connectivity index (χ2n) is 3.99. The summed E-state index contributed by atoms with van der Waals surface area (Å²) in [5, 5.41) is 3.62. The summed E-state index contributed by atoms with van der Waals surface area (Å²) in [4.78, 5) is 0. The van der Waals surface area contributed by atoms with Crippen LogP contribution < -0.4 is 5.32 Å². The second kappa shape index (κ2) is 7.34. The fourth-order valence-corrected chi connectivity index (χ4v) is 1.98. The average Bonchev–Trinajstić information content (AvgIpc) is 2.63. The van der Waals surface area contributed by atoms with Crippen LogP contribution in [0.5, 0.6) is 0 Å². The maximum absolute atomic E-state index is 5.00. The van der Waals surface area contributed by atoms with Gasteiger partial charge in [-0.15, -0.1) is 0 Å². The van der Waals surface area contributed by atoms with Gasteiger partial charge < -0.3 is 10.1 Å². The summed E-state index contributed by atoms with van der Waals surface area (Å²) < 4.78 is 5.00. The topological polar surface area (TPSA) is 21.3 Å². The Morgan fingerprint density at radius 2 is 1.92 bits per heavy atom. The predicted molar refractivity (Wildman–Crippen MR) is 56.0 cm³/mol. The van der Waals surface area contributed by atoms with Crippen LogP contribution >= 0.6 is 0 Å². The molecule has 0 bridgehead atoms. The van der Waals surface area contributed by atoms with Gasteiger partial charge in [-0.05, 0) is 38.6 Å². The highest BCUT2D eigenvalue weighted by atomic mass is 16.5. The molecule has 0 aromatic rings. The van der Waals surface area contributed by atoms with Crippen molar-refractivity contribution in [3.63, 3.8) is 0 Å². The standard InChI is InChI=1S/C11H23NO/c1-13-10-6-2-5-9-12-11-7-3-4-8-11/h11-12H,2-10H2,1H3. The highest BCUT2D eigenvalue weighted by Crippen LogP contribution is 2.17. The van der Waals surface area contributed by atoms with Crippen molar-refractivity contribution in [1.29, 1.82) is 0 Å². The Bertz CT molecular complexity index is 111. The third-order valence-electron chi connectivity index (χ3n) is 2.81. The van der Waals surface area contributed by atoms with Gasteiger partial charge in [-0.3, -0.25) is 0 Å². The van der Waals surface area contributed by atoms with Crippen molar-refractivity contribution in [2.45, 2.75) is 51.0 Å². The number of unbranched alkanes of at least 4 members (excludes halogenated alkanes) is 2. The molecule has 1 aliphatic rings. The fourth-order valence-electron chi connectivity index (χ4n) is 1.98. The van der Waals surface area contributed by atoms with Crippen molar-refractivity contribution < 1.29 is 4.74 Å². The highest BCUT2D eigenvalue weighted by molar-refractivity contribution is 4.73. The Morgan fingerprint density at radius 3 is 2.62 bits per heavy atom. The van der Waals surface area contributed by atoms with Gasteiger partial charge in [0.05, 0.1) is 0 Å². The number of nitrogens with one attached hydrogen (secondary N) is 1. The van der Waals surface area contributed by atoms with Crippen molar-refractivity contribution in [2.24, 2.45) is 0 Å². The van der Waals surface area contributed by atoms with E-state index in [1.54, 1.807) is 7.11 Å². The SMILES string of the molecule is COCCCCCNC1CCCC1. The summed E-state index contributed by atoms with van der Waals surface area (Å²) >= 11 is 0. The molecule has 0 unspecified atom stereocenters. The lowest BCUT2D eigenvalue weighted by atomic mass is 10.2. The van der Waals surface area contributed by atoms with E-state index < -0.39 is 0 Å². The first-order chi connectivity index (χ1) is 6.43. The summed E-state index contributed by atoms with van der Waals surface area (Å²) in [6.45, 7) is 2.12. The van der Waals surface area contributed by atoms with E-state index >= 15 is 0 Å². The van der Waals surface area contributed by atoms with Crippen LogP contribution in [0.3, 0.4) is 0 Å². The van der Waals surface area contributed by atoms with Gasteiger partial charge >= 0.3 is 0 Å². The van der Waals surface area contributed by atoms with E-state index in [0.29, 0.717) is 0 Å². The molecule has 1 rings (SSSR count). The predicted octanol–water partition coefficient (Wildman–Crippen LogP) is 2.34. The van der Waals surface area contributed by atoms with Crippen LogP contribution in [0.4, 0.5) is 0 Å². The zero-order chi connectivity index (χ0) is 9.36. The third kappa shape index (κ3) is 5.27. The molecule has 0 radical (unpaired) electrons. The van der Waals surface area contributed by atoms with E-state index in [2.05, 4.69) is 5.32 Å². The molecule has 1 saturated carbocycles. The van der Waals surface area contributed by atoms with Gasteiger partial charge in [0.25, 0.3) is 0 Å². The van der Waals surface area contributed by atoms with E-state index in [1.807, 2.05) is 0 Å². The molecule has 2 heteroatoms. The Balaban J connectivity index is 1.78. The Labute approximate surface area is 82.0 Å². The van der Waals surface area contributed by atoms with Gasteiger partial charge in [-0.1, -0.05) is 12.8 Å². The maximum Gasteiger partial charge on any atom is 0.0462 e. The van der Waals surface area contributed by atoms with Crippen molar-refractivity contribution in [1.82, 2.24) is 5.32 Å². The summed E-state index contributed by atoms with van der Waals surface area (Å²) in [5.41, 5.74) is 0. The van der Waals surface area contributed by atoms with Gasteiger partial charge in [-0.25, -0.2) is 0 Å². The smallest absolute Gasteiger partial charge is 0.0462 e. The van der Waals surface area contributed by atoms with Gasteiger partial charge in [0, 0.05) is 19.8 Å². The van der Waals surface area contributed by atoms with Crippen LogP contribution in [0.2, 0.25) is 0 Å². The summed E-state index contributed by atoms with van der Waals surface area (Å²) in [5.74, 6) is 0. The minimum atomic E-state index is 0.836. The maximum atomic E-state index is 5.00. The van der Waals surface area contributed by atoms with Gasteiger partial charge in [0.15, 0.2) is 0 Å². The molecule has 1 aliphatic carbocycles. The van der Waals surface area contributed by atoms with Crippen LogP contribution in [0.15, 0.2) is 0 Å². The zero-order valence-corrected chi connectivity index (χ0v) is 8.85. The first-order valence-corrected chi connectivity index (χ1v) is 5.66. The molecule has 13 heavy (non-hydrogen) atoms. The molecule has 0 aliphatic heterocycles. The van der Waals surface area contributed by atoms with E-state index in [-0.39, 0.29) is 0 Å². The number of hydrogen-bond donors (Lipinski definition) is 1. The monoisotopic (exact) mass is 185 g/mol. The van der Waals surface area contributed by atoms with E-state index in [0.717, 1.165) is 12.6 Å². The lowest BCUT2D eigenvalue weighted by Gasteiger charge is -2.10. The van der Waals surface area contributed by atoms with Crippen LogP contribution in [0, 0.1) is 0 Å². The Kier molecular flexibility index (Phi) is 6.21. The normalized spacial score (nSPS) is 18.2. The van der Waals surface area contributed by atoms with Crippen LogP contribution in [0.25, 0.3) is 0 Å². The minimum absolute atomic E-state index is 0.836. The summed E-state index contributed by atoms with van der Waals surface area (Å²) in [6, 6.07) is 0.836. The van der Waals surface area contributed by atoms with E-state index in [1.165, 1.54) is 51.5 Å². The molecule has 0 aromatic carbocycles. The van der Waals surface area contributed by atoms with Gasteiger partial charge in [0.2, 0.25) is 0 Å². The second-order valence-corrected chi connectivity index (χ2v) is 3.99.